The summed E-state index contributed by atoms with van der Waals surface area (Å²) in [5.74, 6) is 0. The van der Waals surface area contributed by atoms with Crippen LogP contribution in [0.3, 0.4) is 0 Å². The second-order valence-corrected chi connectivity index (χ2v) is 5.45. The first-order valence-corrected chi connectivity index (χ1v) is 6.49. The minimum Gasteiger partial charge on any atom is -0.321 e. The maximum absolute atomic E-state index is 6.50. The van der Waals surface area contributed by atoms with Gasteiger partial charge in [-0.3, -0.25) is 4.68 Å². The van der Waals surface area contributed by atoms with E-state index in [2.05, 4.69) is 24.1 Å². The molecule has 0 aromatic carbocycles. The predicted molar refractivity (Wildman–Crippen MR) is 69.6 cm³/mol. The summed E-state index contributed by atoms with van der Waals surface area (Å²) in [6, 6.07) is 2.06. The molecule has 17 heavy (non-hydrogen) atoms. The number of aryl methyl sites for hydroxylation is 1. The summed E-state index contributed by atoms with van der Waals surface area (Å²) in [6.07, 6.45) is 8.22. The van der Waals surface area contributed by atoms with Crippen LogP contribution in [0.25, 0.3) is 0 Å². The van der Waals surface area contributed by atoms with Crippen molar-refractivity contribution in [3.63, 3.8) is 0 Å². The largest absolute Gasteiger partial charge is 0.321 e. The Bertz CT molecular complexity index is 363. The fraction of sp³-hybridized carbons (Fsp3) is 0.769. The fourth-order valence-electron chi connectivity index (χ4n) is 3.07. The molecule has 0 bridgehead atoms. The first-order chi connectivity index (χ1) is 8.06. The Balaban J connectivity index is 2.26. The molecule has 2 rings (SSSR count). The van der Waals surface area contributed by atoms with Gasteiger partial charge in [0, 0.05) is 18.8 Å². The van der Waals surface area contributed by atoms with E-state index < -0.39 is 0 Å². The van der Waals surface area contributed by atoms with Crippen molar-refractivity contribution < 1.29 is 0 Å². The quantitative estimate of drug-likeness (QED) is 0.868. The van der Waals surface area contributed by atoms with Crippen molar-refractivity contribution in [2.24, 2.45) is 12.8 Å². The van der Waals surface area contributed by atoms with Crippen LogP contribution in [0.2, 0.25) is 0 Å². The van der Waals surface area contributed by atoms with Gasteiger partial charge in [0.15, 0.2) is 0 Å². The number of likely N-dealkylation sites (N-methyl/N-ethyl adjacent to an activating group) is 1. The zero-order valence-electron chi connectivity index (χ0n) is 11.2. The lowest BCUT2D eigenvalue weighted by atomic mass is 9.74. The maximum atomic E-state index is 6.50. The molecular formula is C13H24N4. The summed E-state index contributed by atoms with van der Waals surface area (Å²) in [7, 11) is 6.24. The molecule has 2 N–H and O–H groups in total. The topological polar surface area (TPSA) is 47.1 Å². The highest BCUT2D eigenvalue weighted by Gasteiger charge is 2.41. The molecule has 1 saturated carbocycles. The first kappa shape index (κ1) is 12.6. The van der Waals surface area contributed by atoms with Crippen LogP contribution in [0.1, 0.15) is 43.8 Å². The van der Waals surface area contributed by atoms with Crippen LogP contribution in [0.4, 0.5) is 0 Å². The van der Waals surface area contributed by atoms with E-state index >= 15 is 0 Å². The Morgan fingerprint density at radius 3 is 2.47 bits per heavy atom. The second-order valence-electron chi connectivity index (χ2n) is 5.45. The van der Waals surface area contributed by atoms with Gasteiger partial charge in [0.05, 0.1) is 11.7 Å². The van der Waals surface area contributed by atoms with Gasteiger partial charge in [0.2, 0.25) is 0 Å². The van der Waals surface area contributed by atoms with Gasteiger partial charge < -0.3 is 10.6 Å². The number of nitrogens with two attached hydrogens (primary N) is 1. The maximum Gasteiger partial charge on any atom is 0.0810 e. The number of nitrogens with zero attached hydrogens (tertiary/aromatic N) is 3. The van der Waals surface area contributed by atoms with Crippen molar-refractivity contribution in [2.75, 3.05) is 14.1 Å². The average molecular weight is 236 g/mol. The van der Waals surface area contributed by atoms with Gasteiger partial charge in [-0.25, -0.2) is 0 Å². The first-order valence-electron chi connectivity index (χ1n) is 6.49. The van der Waals surface area contributed by atoms with Crippen LogP contribution in [-0.4, -0.2) is 34.3 Å². The van der Waals surface area contributed by atoms with E-state index in [0.29, 0.717) is 0 Å². The lowest BCUT2D eigenvalue weighted by molar-refractivity contribution is 0.0697. The Hall–Kier alpha value is -0.870. The van der Waals surface area contributed by atoms with Crippen LogP contribution >= 0.6 is 0 Å². The number of hydrogen-bond donors (Lipinski definition) is 1. The number of aromatic nitrogens is 2. The van der Waals surface area contributed by atoms with Crippen LogP contribution in [-0.2, 0) is 7.05 Å². The van der Waals surface area contributed by atoms with Crippen molar-refractivity contribution in [3.8, 4) is 0 Å². The highest BCUT2D eigenvalue weighted by Crippen LogP contribution is 2.40. The van der Waals surface area contributed by atoms with Crippen molar-refractivity contribution >= 4 is 0 Å². The van der Waals surface area contributed by atoms with Gasteiger partial charge in [0.1, 0.15) is 0 Å². The van der Waals surface area contributed by atoms with Gasteiger partial charge in [-0.15, -0.1) is 0 Å². The molecule has 4 heteroatoms. The third-order valence-corrected chi connectivity index (χ3v) is 4.24. The van der Waals surface area contributed by atoms with E-state index in [1.54, 1.807) is 0 Å². The minimum absolute atomic E-state index is 0.0130. The lowest BCUT2D eigenvalue weighted by Gasteiger charge is -2.46. The van der Waals surface area contributed by atoms with E-state index in [9.17, 15) is 0 Å². The van der Waals surface area contributed by atoms with E-state index in [-0.39, 0.29) is 11.6 Å². The molecule has 1 aliphatic carbocycles. The van der Waals surface area contributed by atoms with Crippen molar-refractivity contribution in [1.29, 1.82) is 0 Å². The molecule has 0 spiro atoms. The number of rotatable bonds is 3. The smallest absolute Gasteiger partial charge is 0.0810 e. The molecule has 1 aromatic rings. The monoisotopic (exact) mass is 236 g/mol. The third kappa shape index (κ3) is 2.24. The van der Waals surface area contributed by atoms with Crippen LogP contribution in [0.15, 0.2) is 12.3 Å². The van der Waals surface area contributed by atoms with Crippen molar-refractivity contribution in [1.82, 2.24) is 14.7 Å². The Morgan fingerprint density at radius 1 is 1.35 bits per heavy atom. The van der Waals surface area contributed by atoms with Crippen molar-refractivity contribution in [2.45, 2.75) is 43.7 Å². The molecule has 0 radical (unpaired) electrons. The van der Waals surface area contributed by atoms with E-state index in [1.165, 1.54) is 32.1 Å². The molecule has 1 heterocycles. The molecule has 1 atom stereocenters. The van der Waals surface area contributed by atoms with E-state index in [1.807, 2.05) is 24.0 Å². The predicted octanol–water partition coefficient (Wildman–Crippen LogP) is 1.68. The summed E-state index contributed by atoms with van der Waals surface area (Å²) >= 11 is 0. The average Bonchev–Trinajstić information content (AvgIpc) is 2.75. The summed E-state index contributed by atoms with van der Waals surface area (Å²) in [4.78, 5) is 2.31. The van der Waals surface area contributed by atoms with Gasteiger partial charge in [-0.05, 0) is 33.0 Å². The van der Waals surface area contributed by atoms with Gasteiger partial charge in [-0.2, -0.15) is 5.10 Å². The normalized spacial score (nSPS) is 21.7. The molecule has 1 fully saturated rings. The Kier molecular flexibility index (Phi) is 3.54. The molecular weight excluding hydrogens is 212 g/mol. The molecule has 96 valence electrons. The zero-order valence-corrected chi connectivity index (χ0v) is 11.2. The van der Waals surface area contributed by atoms with Crippen LogP contribution < -0.4 is 5.73 Å². The van der Waals surface area contributed by atoms with Crippen LogP contribution in [0.5, 0.6) is 0 Å². The van der Waals surface area contributed by atoms with Crippen LogP contribution in [0, 0.1) is 0 Å². The highest BCUT2D eigenvalue weighted by atomic mass is 15.3. The summed E-state index contributed by atoms with van der Waals surface area (Å²) in [5, 5.41) is 4.48. The SMILES string of the molecule is CN(C)C1(C(N)c2ccn(C)n2)CCCCC1. The summed E-state index contributed by atoms with van der Waals surface area (Å²) in [6.45, 7) is 0. The fourth-order valence-corrected chi connectivity index (χ4v) is 3.07. The van der Waals surface area contributed by atoms with E-state index in [4.69, 9.17) is 5.73 Å². The third-order valence-electron chi connectivity index (χ3n) is 4.24. The molecule has 4 nitrogen and oxygen atoms in total. The molecule has 1 unspecified atom stereocenters. The molecule has 0 aliphatic heterocycles. The molecule has 1 aliphatic rings. The molecule has 0 amide bonds. The van der Waals surface area contributed by atoms with Gasteiger partial charge in [-0.1, -0.05) is 19.3 Å². The molecule has 1 aromatic heterocycles. The standard InChI is InChI=1S/C13H24N4/c1-16(2)13(8-5-4-6-9-13)12(14)11-7-10-17(3)15-11/h7,10,12H,4-6,8-9,14H2,1-3H3. The summed E-state index contributed by atoms with van der Waals surface area (Å²) < 4.78 is 1.83. The van der Waals surface area contributed by atoms with Crippen molar-refractivity contribution in [3.05, 3.63) is 18.0 Å². The zero-order chi connectivity index (χ0) is 12.5. The Morgan fingerprint density at radius 2 is 2.00 bits per heavy atom. The highest BCUT2D eigenvalue weighted by molar-refractivity contribution is 5.14. The molecule has 0 saturated heterocycles. The number of hydrogen-bond acceptors (Lipinski definition) is 3. The second kappa shape index (κ2) is 4.78. The summed E-state index contributed by atoms with van der Waals surface area (Å²) in [5.41, 5.74) is 7.61. The Labute approximate surface area is 104 Å². The minimum atomic E-state index is 0.0130. The van der Waals surface area contributed by atoms with Gasteiger partial charge >= 0.3 is 0 Å². The van der Waals surface area contributed by atoms with Gasteiger partial charge in [0.25, 0.3) is 0 Å². The lowest BCUT2D eigenvalue weighted by Crippen LogP contribution is -2.53. The van der Waals surface area contributed by atoms with E-state index in [0.717, 1.165) is 5.69 Å².